The molecular formula is C16H36ClN3O2S. The minimum absolute atomic E-state index is 0. The first-order valence-electron chi connectivity index (χ1n) is 8.76. The predicted octanol–water partition coefficient (Wildman–Crippen LogP) is 2.64. The van der Waals surface area contributed by atoms with Gasteiger partial charge in [-0.05, 0) is 56.5 Å². The molecule has 0 amide bonds. The lowest BCUT2D eigenvalue weighted by atomic mass is 10.1. The van der Waals surface area contributed by atoms with E-state index in [1.807, 2.05) is 0 Å². The molecule has 5 nitrogen and oxygen atoms in total. The van der Waals surface area contributed by atoms with E-state index in [1.165, 1.54) is 0 Å². The highest BCUT2D eigenvalue weighted by Crippen LogP contribution is 2.13. The summed E-state index contributed by atoms with van der Waals surface area (Å²) in [5, 5.41) is 3.32. The third-order valence-electron chi connectivity index (χ3n) is 4.25. The lowest BCUT2D eigenvalue weighted by molar-refractivity contribution is 0.351. The SMILES string of the molecule is CC(C)CCN(CCC(C)C)S(=O)(=O)NCCC1CCNC1.Cl. The zero-order valence-corrected chi connectivity index (χ0v) is 16.8. The van der Waals surface area contributed by atoms with Crippen LogP contribution in [0.5, 0.6) is 0 Å². The van der Waals surface area contributed by atoms with Crippen molar-refractivity contribution in [3.63, 3.8) is 0 Å². The normalized spacial score (nSPS) is 18.8. The van der Waals surface area contributed by atoms with Gasteiger partial charge in [0.05, 0.1) is 0 Å². The maximum Gasteiger partial charge on any atom is 0.279 e. The summed E-state index contributed by atoms with van der Waals surface area (Å²) >= 11 is 0. The second-order valence-electron chi connectivity index (χ2n) is 7.31. The third kappa shape index (κ3) is 9.87. The Morgan fingerprint density at radius 3 is 2.13 bits per heavy atom. The smallest absolute Gasteiger partial charge is 0.279 e. The molecule has 1 saturated heterocycles. The Bertz CT molecular complexity index is 384. The van der Waals surface area contributed by atoms with E-state index in [0.717, 1.165) is 38.8 Å². The zero-order valence-electron chi connectivity index (χ0n) is 15.2. The van der Waals surface area contributed by atoms with Crippen molar-refractivity contribution in [3.05, 3.63) is 0 Å². The number of rotatable bonds is 11. The van der Waals surface area contributed by atoms with Gasteiger partial charge in [-0.3, -0.25) is 0 Å². The maximum atomic E-state index is 12.5. The highest BCUT2D eigenvalue weighted by molar-refractivity contribution is 7.87. The molecule has 0 spiro atoms. The molecule has 0 aromatic rings. The van der Waals surface area contributed by atoms with Gasteiger partial charge in [-0.25, -0.2) is 4.72 Å². The van der Waals surface area contributed by atoms with Crippen LogP contribution in [0.1, 0.15) is 53.4 Å². The maximum absolute atomic E-state index is 12.5. The fourth-order valence-electron chi connectivity index (χ4n) is 2.60. The van der Waals surface area contributed by atoms with Crippen LogP contribution < -0.4 is 10.0 Å². The zero-order chi connectivity index (χ0) is 16.6. The van der Waals surface area contributed by atoms with E-state index < -0.39 is 10.2 Å². The molecule has 1 heterocycles. The van der Waals surface area contributed by atoms with Gasteiger partial charge in [0.15, 0.2) is 0 Å². The first-order chi connectivity index (χ1) is 10.3. The van der Waals surface area contributed by atoms with Crippen molar-refractivity contribution in [2.75, 3.05) is 32.7 Å². The molecule has 1 rings (SSSR count). The molecule has 23 heavy (non-hydrogen) atoms. The fraction of sp³-hybridized carbons (Fsp3) is 1.00. The lowest BCUT2D eigenvalue weighted by Gasteiger charge is -2.24. The van der Waals surface area contributed by atoms with Gasteiger partial charge in [0.1, 0.15) is 0 Å². The second kappa shape index (κ2) is 11.6. The minimum Gasteiger partial charge on any atom is -0.316 e. The van der Waals surface area contributed by atoms with Gasteiger partial charge in [-0.15, -0.1) is 12.4 Å². The Kier molecular flexibility index (Phi) is 11.7. The van der Waals surface area contributed by atoms with Crippen LogP contribution in [-0.2, 0) is 10.2 Å². The molecule has 0 saturated carbocycles. The van der Waals surface area contributed by atoms with Gasteiger partial charge in [0, 0.05) is 19.6 Å². The molecule has 2 N–H and O–H groups in total. The molecule has 1 unspecified atom stereocenters. The van der Waals surface area contributed by atoms with E-state index in [2.05, 4.69) is 37.7 Å². The van der Waals surface area contributed by atoms with Gasteiger partial charge in [0.25, 0.3) is 10.2 Å². The summed E-state index contributed by atoms with van der Waals surface area (Å²) in [5.41, 5.74) is 0. The van der Waals surface area contributed by atoms with E-state index in [-0.39, 0.29) is 12.4 Å². The summed E-state index contributed by atoms with van der Waals surface area (Å²) in [6.45, 7) is 12.4. The molecule has 0 aliphatic carbocycles. The van der Waals surface area contributed by atoms with Crippen LogP contribution in [0, 0.1) is 17.8 Å². The van der Waals surface area contributed by atoms with E-state index in [9.17, 15) is 8.42 Å². The highest BCUT2D eigenvalue weighted by atomic mass is 35.5. The quantitative estimate of drug-likeness (QED) is 0.588. The fourth-order valence-corrected chi connectivity index (χ4v) is 3.85. The first-order valence-corrected chi connectivity index (χ1v) is 10.2. The predicted molar refractivity (Wildman–Crippen MR) is 100 cm³/mol. The average molecular weight is 370 g/mol. The molecule has 0 radical (unpaired) electrons. The van der Waals surface area contributed by atoms with Crippen LogP contribution in [-0.4, -0.2) is 45.4 Å². The number of hydrogen-bond donors (Lipinski definition) is 2. The van der Waals surface area contributed by atoms with Gasteiger partial charge in [-0.2, -0.15) is 12.7 Å². The van der Waals surface area contributed by atoms with Crippen molar-refractivity contribution in [1.82, 2.24) is 14.3 Å². The Hall–Kier alpha value is 0.120. The summed E-state index contributed by atoms with van der Waals surface area (Å²) in [6, 6.07) is 0. The standard InChI is InChI=1S/C16H35N3O2S.ClH/c1-14(2)7-11-19(12-8-15(3)4)22(20,21)18-10-6-16-5-9-17-13-16;/h14-18H,5-13H2,1-4H3;1H. The summed E-state index contributed by atoms with van der Waals surface area (Å²) in [5.74, 6) is 1.64. The number of nitrogens with one attached hydrogen (secondary N) is 2. The Labute approximate surface area is 149 Å². The molecule has 0 aromatic carbocycles. The third-order valence-corrected chi connectivity index (χ3v) is 5.86. The molecule has 1 aliphatic rings. The van der Waals surface area contributed by atoms with E-state index in [1.54, 1.807) is 4.31 Å². The van der Waals surface area contributed by atoms with Crippen molar-refractivity contribution >= 4 is 22.6 Å². The average Bonchev–Trinajstić information content (AvgIpc) is 2.90. The van der Waals surface area contributed by atoms with Crippen LogP contribution in [0.25, 0.3) is 0 Å². The Balaban J connectivity index is 0.00000484. The highest BCUT2D eigenvalue weighted by Gasteiger charge is 2.22. The van der Waals surface area contributed by atoms with Crippen LogP contribution in [0.15, 0.2) is 0 Å². The topological polar surface area (TPSA) is 61.4 Å². The molecular weight excluding hydrogens is 334 g/mol. The number of nitrogens with zero attached hydrogens (tertiary/aromatic N) is 1. The van der Waals surface area contributed by atoms with Crippen molar-refractivity contribution in [3.8, 4) is 0 Å². The molecule has 1 fully saturated rings. The molecule has 140 valence electrons. The summed E-state index contributed by atoms with van der Waals surface area (Å²) in [6.07, 6.45) is 3.90. The van der Waals surface area contributed by atoms with Gasteiger partial charge in [0.2, 0.25) is 0 Å². The minimum atomic E-state index is -3.34. The van der Waals surface area contributed by atoms with Gasteiger partial charge >= 0.3 is 0 Å². The summed E-state index contributed by atoms with van der Waals surface area (Å²) < 4.78 is 29.5. The molecule has 7 heteroatoms. The van der Waals surface area contributed by atoms with Crippen LogP contribution in [0.4, 0.5) is 0 Å². The Morgan fingerprint density at radius 2 is 1.70 bits per heavy atom. The molecule has 1 aliphatic heterocycles. The number of halogens is 1. The largest absolute Gasteiger partial charge is 0.316 e. The van der Waals surface area contributed by atoms with Crippen LogP contribution in [0.3, 0.4) is 0 Å². The lowest BCUT2D eigenvalue weighted by Crippen LogP contribution is -2.43. The van der Waals surface area contributed by atoms with Crippen molar-refractivity contribution in [1.29, 1.82) is 0 Å². The molecule has 1 atom stereocenters. The van der Waals surface area contributed by atoms with Crippen LogP contribution >= 0.6 is 12.4 Å². The van der Waals surface area contributed by atoms with E-state index >= 15 is 0 Å². The van der Waals surface area contributed by atoms with Crippen LogP contribution in [0.2, 0.25) is 0 Å². The molecule has 0 aromatic heterocycles. The van der Waals surface area contributed by atoms with Crippen molar-refractivity contribution < 1.29 is 8.42 Å². The van der Waals surface area contributed by atoms with Gasteiger partial charge < -0.3 is 5.32 Å². The summed E-state index contributed by atoms with van der Waals surface area (Å²) in [4.78, 5) is 0. The Morgan fingerprint density at radius 1 is 1.13 bits per heavy atom. The van der Waals surface area contributed by atoms with Gasteiger partial charge in [-0.1, -0.05) is 27.7 Å². The van der Waals surface area contributed by atoms with Crippen molar-refractivity contribution in [2.45, 2.75) is 53.4 Å². The van der Waals surface area contributed by atoms with Crippen molar-refractivity contribution in [2.24, 2.45) is 17.8 Å². The number of hydrogen-bond acceptors (Lipinski definition) is 3. The second-order valence-corrected chi connectivity index (χ2v) is 9.07. The monoisotopic (exact) mass is 369 g/mol. The molecule has 0 bridgehead atoms. The van der Waals surface area contributed by atoms with E-state index in [0.29, 0.717) is 37.4 Å². The van der Waals surface area contributed by atoms with E-state index in [4.69, 9.17) is 0 Å². The summed E-state index contributed by atoms with van der Waals surface area (Å²) in [7, 11) is -3.34. The first kappa shape index (κ1) is 23.1.